The Morgan fingerprint density at radius 2 is 1.78 bits per heavy atom. The zero-order valence-corrected chi connectivity index (χ0v) is 5.62. The van der Waals surface area contributed by atoms with Crippen molar-refractivity contribution in [1.29, 1.82) is 0 Å². The molecule has 2 unspecified atom stereocenters. The fraction of sp³-hybridized carbons (Fsp3) is 1.00. The normalized spacial score (nSPS) is 17.3. The van der Waals surface area contributed by atoms with Crippen molar-refractivity contribution in [2.24, 2.45) is 0 Å². The second-order valence-corrected chi connectivity index (χ2v) is 2.26. The van der Waals surface area contributed by atoms with Crippen molar-refractivity contribution in [3.8, 4) is 0 Å². The fourth-order valence-corrected chi connectivity index (χ4v) is 0.525. The largest absolute Gasteiger partial charge is 0.394 e. The van der Waals surface area contributed by atoms with Crippen molar-refractivity contribution in [2.45, 2.75) is 32.0 Å². The highest BCUT2D eigenvalue weighted by Crippen LogP contribution is 1.99. The van der Waals surface area contributed by atoms with Crippen molar-refractivity contribution < 1.29 is 15.3 Å². The van der Waals surface area contributed by atoms with Crippen molar-refractivity contribution in [1.82, 2.24) is 0 Å². The molecule has 2 atom stereocenters. The summed E-state index contributed by atoms with van der Waals surface area (Å²) in [5, 5.41) is 25.8. The van der Waals surface area contributed by atoms with E-state index in [4.69, 9.17) is 15.3 Å². The molecule has 56 valence electrons. The first kappa shape index (κ1) is 8.88. The summed E-state index contributed by atoms with van der Waals surface area (Å²) in [6.45, 7) is 1.44. The summed E-state index contributed by atoms with van der Waals surface area (Å²) in [4.78, 5) is 0. The number of aliphatic hydroxyl groups excluding tert-OH is 3. The molecule has 0 fully saturated rings. The van der Waals surface area contributed by atoms with Crippen LogP contribution in [-0.4, -0.2) is 34.1 Å². The maximum absolute atomic E-state index is 8.75. The van der Waals surface area contributed by atoms with Crippen molar-refractivity contribution in [2.75, 3.05) is 6.61 Å². The van der Waals surface area contributed by atoms with Crippen LogP contribution < -0.4 is 0 Å². The first-order valence-corrected chi connectivity index (χ1v) is 3.13. The van der Waals surface area contributed by atoms with Crippen LogP contribution in [0.3, 0.4) is 0 Å². The average Bonchev–Trinajstić information content (AvgIpc) is 1.83. The molecular weight excluding hydrogens is 120 g/mol. The van der Waals surface area contributed by atoms with Gasteiger partial charge in [0.15, 0.2) is 0 Å². The molecule has 0 rings (SSSR count). The summed E-state index contributed by atoms with van der Waals surface area (Å²) in [5.74, 6) is 0. The molecule has 0 radical (unpaired) electrons. The second-order valence-electron chi connectivity index (χ2n) is 2.26. The summed E-state index contributed by atoms with van der Waals surface area (Å²) in [6, 6.07) is 0. The first-order chi connectivity index (χ1) is 4.16. The summed E-state index contributed by atoms with van der Waals surface area (Å²) in [6.07, 6.45) is -0.0404. The third kappa shape index (κ3) is 5.76. The van der Waals surface area contributed by atoms with E-state index >= 15 is 0 Å². The molecule has 0 aromatic heterocycles. The molecule has 0 bridgehead atoms. The lowest BCUT2D eigenvalue weighted by Crippen LogP contribution is -2.14. The van der Waals surface area contributed by atoms with Gasteiger partial charge in [0.05, 0.1) is 18.8 Å². The van der Waals surface area contributed by atoms with Crippen molar-refractivity contribution in [3.63, 3.8) is 0 Å². The van der Waals surface area contributed by atoms with Gasteiger partial charge in [-0.15, -0.1) is 0 Å². The van der Waals surface area contributed by atoms with Gasteiger partial charge >= 0.3 is 0 Å². The van der Waals surface area contributed by atoms with Crippen LogP contribution in [0.1, 0.15) is 19.8 Å². The van der Waals surface area contributed by atoms with Gasteiger partial charge in [-0.05, 0) is 19.8 Å². The Morgan fingerprint density at radius 1 is 1.22 bits per heavy atom. The van der Waals surface area contributed by atoms with E-state index in [1.807, 2.05) is 0 Å². The zero-order chi connectivity index (χ0) is 7.28. The smallest absolute Gasteiger partial charge is 0.0771 e. The van der Waals surface area contributed by atoms with E-state index in [1.54, 1.807) is 6.92 Å². The van der Waals surface area contributed by atoms with Crippen LogP contribution in [-0.2, 0) is 0 Å². The van der Waals surface area contributed by atoms with Gasteiger partial charge in [0.25, 0.3) is 0 Å². The number of rotatable bonds is 4. The van der Waals surface area contributed by atoms with E-state index in [0.717, 1.165) is 0 Å². The molecule has 3 heteroatoms. The molecule has 0 aromatic rings. The van der Waals surface area contributed by atoms with Crippen molar-refractivity contribution >= 4 is 0 Å². The predicted molar refractivity (Wildman–Crippen MR) is 34.0 cm³/mol. The topological polar surface area (TPSA) is 60.7 Å². The summed E-state index contributed by atoms with van der Waals surface area (Å²) < 4.78 is 0. The summed E-state index contributed by atoms with van der Waals surface area (Å²) in [5.41, 5.74) is 0. The molecule has 0 saturated heterocycles. The monoisotopic (exact) mass is 134 g/mol. The van der Waals surface area contributed by atoms with Crippen LogP contribution in [0.25, 0.3) is 0 Å². The van der Waals surface area contributed by atoms with E-state index in [-0.39, 0.29) is 12.7 Å². The van der Waals surface area contributed by atoms with Gasteiger partial charge in [-0.1, -0.05) is 0 Å². The Morgan fingerprint density at radius 3 is 2.11 bits per heavy atom. The Balaban J connectivity index is 3.06. The SMILES string of the molecule is CC(O)CCC(O)CO. The van der Waals surface area contributed by atoms with Crippen LogP contribution in [0.15, 0.2) is 0 Å². The third-order valence-electron chi connectivity index (χ3n) is 1.13. The van der Waals surface area contributed by atoms with Crippen molar-refractivity contribution in [3.05, 3.63) is 0 Å². The Hall–Kier alpha value is -0.120. The molecule has 0 saturated carbocycles. The highest BCUT2D eigenvalue weighted by Gasteiger charge is 2.02. The standard InChI is InChI=1S/C6H14O3/c1-5(8)2-3-6(9)4-7/h5-9H,2-4H2,1H3. The van der Waals surface area contributed by atoms with Gasteiger partial charge in [-0.3, -0.25) is 0 Å². The second kappa shape index (κ2) is 4.73. The number of aliphatic hydroxyl groups is 3. The lowest BCUT2D eigenvalue weighted by atomic mass is 10.1. The predicted octanol–water partition coefficient (Wildman–Crippen LogP) is -0.499. The maximum Gasteiger partial charge on any atom is 0.0771 e. The average molecular weight is 134 g/mol. The molecular formula is C6H14O3. The Kier molecular flexibility index (Phi) is 4.67. The molecule has 0 amide bonds. The van der Waals surface area contributed by atoms with Crippen LogP contribution in [0.2, 0.25) is 0 Å². The lowest BCUT2D eigenvalue weighted by molar-refractivity contribution is 0.0717. The molecule has 0 heterocycles. The van der Waals surface area contributed by atoms with Crippen LogP contribution in [0, 0.1) is 0 Å². The maximum atomic E-state index is 8.75. The molecule has 0 aromatic carbocycles. The van der Waals surface area contributed by atoms with Gasteiger partial charge in [0.2, 0.25) is 0 Å². The van der Waals surface area contributed by atoms with E-state index in [9.17, 15) is 0 Å². The van der Waals surface area contributed by atoms with Crippen LogP contribution in [0.4, 0.5) is 0 Å². The number of hydrogen-bond acceptors (Lipinski definition) is 3. The Labute approximate surface area is 54.9 Å². The molecule has 0 aliphatic rings. The van der Waals surface area contributed by atoms with E-state index in [2.05, 4.69) is 0 Å². The molecule has 9 heavy (non-hydrogen) atoms. The summed E-state index contributed by atoms with van der Waals surface area (Å²) >= 11 is 0. The van der Waals surface area contributed by atoms with Crippen LogP contribution >= 0.6 is 0 Å². The molecule has 0 aliphatic heterocycles. The first-order valence-electron chi connectivity index (χ1n) is 3.13. The number of hydrogen-bond donors (Lipinski definition) is 3. The molecule has 3 N–H and O–H groups in total. The highest BCUT2D eigenvalue weighted by atomic mass is 16.3. The lowest BCUT2D eigenvalue weighted by Gasteiger charge is -2.07. The van der Waals surface area contributed by atoms with Gasteiger partial charge < -0.3 is 15.3 Å². The van der Waals surface area contributed by atoms with Crippen LogP contribution in [0.5, 0.6) is 0 Å². The molecule has 0 aliphatic carbocycles. The van der Waals surface area contributed by atoms with Gasteiger partial charge in [0.1, 0.15) is 0 Å². The molecule has 0 spiro atoms. The summed E-state index contributed by atoms with van der Waals surface area (Å²) in [7, 11) is 0. The highest BCUT2D eigenvalue weighted by molar-refractivity contribution is 4.55. The Bertz CT molecular complexity index is 63.3. The van der Waals surface area contributed by atoms with Gasteiger partial charge in [-0.25, -0.2) is 0 Å². The zero-order valence-electron chi connectivity index (χ0n) is 5.62. The van der Waals surface area contributed by atoms with Gasteiger partial charge in [0, 0.05) is 0 Å². The van der Waals surface area contributed by atoms with Gasteiger partial charge in [-0.2, -0.15) is 0 Å². The van der Waals surface area contributed by atoms with E-state index < -0.39 is 6.10 Å². The minimum atomic E-state index is -0.667. The minimum absolute atomic E-state index is 0.216. The minimum Gasteiger partial charge on any atom is -0.394 e. The third-order valence-corrected chi connectivity index (χ3v) is 1.13. The van der Waals surface area contributed by atoms with E-state index in [0.29, 0.717) is 12.8 Å². The molecule has 3 nitrogen and oxygen atoms in total. The quantitative estimate of drug-likeness (QED) is 0.486. The van der Waals surface area contributed by atoms with E-state index in [1.165, 1.54) is 0 Å². The fourth-order valence-electron chi connectivity index (χ4n) is 0.525.